The lowest BCUT2D eigenvalue weighted by atomic mass is 10.0. The van der Waals surface area contributed by atoms with Crippen LogP contribution in [0.3, 0.4) is 0 Å². The van der Waals surface area contributed by atoms with Gasteiger partial charge in [-0.15, -0.1) is 0 Å². The van der Waals surface area contributed by atoms with Gasteiger partial charge in [0.2, 0.25) is 0 Å². The lowest BCUT2D eigenvalue weighted by molar-refractivity contribution is 0.0729. The Morgan fingerprint density at radius 3 is 2.96 bits per heavy atom. The van der Waals surface area contributed by atoms with Crippen LogP contribution in [-0.4, -0.2) is 29.1 Å². The number of hydrogen-bond acceptors (Lipinski definition) is 4. The van der Waals surface area contributed by atoms with Crippen LogP contribution in [0.25, 0.3) is 0 Å². The Morgan fingerprint density at radius 1 is 1.17 bits per heavy atom. The molecule has 1 amide bonds. The summed E-state index contributed by atoms with van der Waals surface area (Å²) < 4.78 is 11.2. The smallest absolute Gasteiger partial charge is 0.254 e. The predicted octanol–water partition coefficient (Wildman–Crippen LogP) is 2.24. The molecule has 0 aromatic heterocycles. The first kappa shape index (κ1) is 15.2. The number of fused-ring (bicyclic) bond motifs is 2. The van der Waals surface area contributed by atoms with Gasteiger partial charge in [-0.1, -0.05) is 18.2 Å². The van der Waals surface area contributed by atoms with Gasteiger partial charge in [-0.05, 0) is 34.9 Å². The number of benzene rings is 2. The summed E-state index contributed by atoms with van der Waals surface area (Å²) >= 11 is 0. The van der Waals surface area contributed by atoms with Crippen LogP contribution >= 0.6 is 0 Å². The normalized spacial score (nSPS) is 16.1. The highest BCUT2D eigenvalue weighted by Crippen LogP contribution is 2.28. The molecule has 2 heterocycles. The van der Waals surface area contributed by atoms with Crippen LogP contribution in [0.5, 0.6) is 5.75 Å². The summed E-state index contributed by atoms with van der Waals surface area (Å²) in [5.41, 5.74) is 4.55. The van der Waals surface area contributed by atoms with Crippen molar-refractivity contribution >= 4 is 5.91 Å². The van der Waals surface area contributed by atoms with Crippen molar-refractivity contribution in [2.24, 2.45) is 0 Å². The number of rotatable bonds is 2. The molecule has 0 saturated carbocycles. The van der Waals surface area contributed by atoms with E-state index in [1.807, 2.05) is 36.4 Å². The zero-order chi connectivity index (χ0) is 16.5. The third-order valence-corrected chi connectivity index (χ3v) is 4.58. The molecule has 0 fully saturated rings. The molecular weight excluding hydrogens is 306 g/mol. The average Bonchev–Trinajstić information content (AvgIpc) is 2.99. The van der Waals surface area contributed by atoms with Gasteiger partial charge in [-0.3, -0.25) is 4.79 Å². The van der Waals surface area contributed by atoms with E-state index in [0.717, 1.165) is 28.0 Å². The molecule has 2 aromatic carbocycles. The van der Waals surface area contributed by atoms with E-state index in [-0.39, 0.29) is 12.5 Å². The highest BCUT2D eigenvalue weighted by atomic mass is 16.5. The predicted molar refractivity (Wildman–Crippen MR) is 87.5 cm³/mol. The summed E-state index contributed by atoms with van der Waals surface area (Å²) in [6.45, 7) is 2.52. The van der Waals surface area contributed by atoms with Crippen LogP contribution in [0.1, 0.15) is 32.6 Å². The Balaban J connectivity index is 1.64. The van der Waals surface area contributed by atoms with Crippen molar-refractivity contribution in [1.82, 2.24) is 4.90 Å². The fraction of sp³-hybridized carbons (Fsp3) is 0.316. The van der Waals surface area contributed by atoms with Crippen molar-refractivity contribution < 1.29 is 19.4 Å². The van der Waals surface area contributed by atoms with E-state index < -0.39 is 0 Å². The van der Waals surface area contributed by atoms with Crippen LogP contribution in [0.2, 0.25) is 0 Å². The fourth-order valence-corrected chi connectivity index (χ4v) is 3.29. The molecular formula is C19H19NO4. The Morgan fingerprint density at radius 2 is 2.08 bits per heavy atom. The zero-order valence-corrected chi connectivity index (χ0v) is 13.3. The largest absolute Gasteiger partial charge is 0.491 e. The molecule has 0 bridgehead atoms. The summed E-state index contributed by atoms with van der Waals surface area (Å²) in [6.07, 6.45) is 0. The molecule has 1 N–H and O–H groups in total. The summed E-state index contributed by atoms with van der Waals surface area (Å²) in [5, 5.41) is 9.33. The standard InChI is InChI=1S/C19H19NO4/c21-10-13-4-5-18-15(8-13)9-20(6-7-24-18)19(22)16-3-1-2-14-11-23-12-17(14)16/h1-5,8,21H,6-7,9-12H2. The van der Waals surface area contributed by atoms with Crippen LogP contribution in [-0.2, 0) is 31.1 Å². The van der Waals surface area contributed by atoms with Gasteiger partial charge in [0.15, 0.2) is 0 Å². The van der Waals surface area contributed by atoms with Crippen LogP contribution in [0.15, 0.2) is 36.4 Å². The Hall–Kier alpha value is -2.37. The molecule has 5 nitrogen and oxygen atoms in total. The molecule has 0 unspecified atom stereocenters. The van der Waals surface area contributed by atoms with Crippen molar-refractivity contribution in [3.05, 3.63) is 64.2 Å². The summed E-state index contributed by atoms with van der Waals surface area (Å²) in [5.74, 6) is 0.785. The minimum Gasteiger partial charge on any atom is -0.491 e. The maximum atomic E-state index is 13.0. The average molecular weight is 325 g/mol. The third-order valence-electron chi connectivity index (χ3n) is 4.58. The second-order valence-corrected chi connectivity index (χ2v) is 6.11. The van der Waals surface area contributed by atoms with E-state index >= 15 is 0 Å². The molecule has 0 spiro atoms. The summed E-state index contributed by atoms with van der Waals surface area (Å²) in [4.78, 5) is 14.8. The number of aliphatic hydroxyl groups excluding tert-OH is 1. The molecule has 0 radical (unpaired) electrons. The Kier molecular flexibility index (Phi) is 3.96. The lowest BCUT2D eigenvalue weighted by Gasteiger charge is -2.21. The molecule has 124 valence electrons. The first-order valence-electron chi connectivity index (χ1n) is 8.09. The van der Waals surface area contributed by atoms with Crippen molar-refractivity contribution in [2.75, 3.05) is 13.2 Å². The molecule has 0 saturated heterocycles. The van der Waals surface area contributed by atoms with Gasteiger partial charge in [0, 0.05) is 17.7 Å². The molecule has 2 aromatic rings. The molecule has 24 heavy (non-hydrogen) atoms. The summed E-state index contributed by atoms with van der Waals surface area (Å²) in [6, 6.07) is 11.4. The molecule has 2 aliphatic heterocycles. The van der Waals surface area contributed by atoms with Crippen LogP contribution in [0.4, 0.5) is 0 Å². The molecule has 5 heteroatoms. The lowest BCUT2D eigenvalue weighted by Crippen LogP contribution is -2.33. The minimum absolute atomic E-state index is 0.00296. The van der Waals surface area contributed by atoms with Crippen molar-refractivity contribution in [2.45, 2.75) is 26.4 Å². The number of hydrogen-bond donors (Lipinski definition) is 1. The second-order valence-electron chi connectivity index (χ2n) is 6.11. The topological polar surface area (TPSA) is 59.0 Å². The SMILES string of the molecule is O=C(c1cccc2c1COC2)N1CCOc2ccc(CO)cc2C1. The highest BCUT2D eigenvalue weighted by molar-refractivity contribution is 5.96. The van der Waals surface area contributed by atoms with E-state index in [9.17, 15) is 9.90 Å². The van der Waals surface area contributed by atoms with Crippen LogP contribution < -0.4 is 4.74 Å². The van der Waals surface area contributed by atoms with Gasteiger partial charge in [-0.2, -0.15) is 0 Å². The van der Waals surface area contributed by atoms with E-state index in [2.05, 4.69) is 0 Å². The molecule has 0 aliphatic carbocycles. The first-order valence-corrected chi connectivity index (χ1v) is 8.09. The van der Waals surface area contributed by atoms with E-state index in [1.165, 1.54) is 0 Å². The van der Waals surface area contributed by atoms with Gasteiger partial charge in [0.1, 0.15) is 12.4 Å². The fourth-order valence-electron chi connectivity index (χ4n) is 3.29. The van der Waals surface area contributed by atoms with E-state index in [4.69, 9.17) is 9.47 Å². The maximum absolute atomic E-state index is 13.0. The highest BCUT2D eigenvalue weighted by Gasteiger charge is 2.25. The maximum Gasteiger partial charge on any atom is 0.254 e. The van der Waals surface area contributed by atoms with Crippen LogP contribution in [0, 0.1) is 0 Å². The van der Waals surface area contributed by atoms with Gasteiger partial charge in [0.25, 0.3) is 5.91 Å². The number of aliphatic hydroxyl groups is 1. The van der Waals surface area contributed by atoms with Gasteiger partial charge in [0.05, 0.1) is 26.4 Å². The number of carbonyl (C=O) groups is 1. The van der Waals surface area contributed by atoms with Gasteiger partial charge in [-0.25, -0.2) is 0 Å². The summed E-state index contributed by atoms with van der Waals surface area (Å²) in [7, 11) is 0. The molecule has 0 atom stereocenters. The van der Waals surface area contributed by atoms with Gasteiger partial charge >= 0.3 is 0 Å². The number of amides is 1. The third kappa shape index (κ3) is 2.66. The number of nitrogens with zero attached hydrogens (tertiary/aromatic N) is 1. The Bertz CT molecular complexity index is 787. The number of carbonyl (C=O) groups excluding carboxylic acids is 1. The Labute approximate surface area is 140 Å². The monoisotopic (exact) mass is 325 g/mol. The van der Waals surface area contributed by atoms with Crippen molar-refractivity contribution in [3.63, 3.8) is 0 Å². The molecule has 2 aliphatic rings. The van der Waals surface area contributed by atoms with Crippen molar-refractivity contribution in [3.8, 4) is 5.75 Å². The number of ether oxygens (including phenoxy) is 2. The van der Waals surface area contributed by atoms with Gasteiger partial charge < -0.3 is 19.5 Å². The second kappa shape index (κ2) is 6.26. The zero-order valence-electron chi connectivity index (χ0n) is 13.3. The van der Waals surface area contributed by atoms with E-state index in [1.54, 1.807) is 4.90 Å². The first-order chi connectivity index (χ1) is 11.8. The quantitative estimate of drug-likeness (QED) is 0.920. The molecule has 4 rings (SSSR count). The van der Waals surface area contributed by atoms with Crippen molar-refractivity contribution in [1.29, 1.82) is 0 Å². The van der Waals surface area contributed by atoms with E-state index in [0.29, 0.717) is 38.5 Å². The minimum atomic E-state index is -0.0231.